The molecular weight excluding hydrogens is 226 g/mol. The van der Waals surface area contributed by atoms with E-state index in [0.29, 0.717) is 19.7 Å². The van der Waals surface area contributed by atoms with Gasteiger partial charge < -0.3 is 19.1 Å². The largest absolute Gasteiger partial charge is 0.466 e. The van der Waals surface area contributed by atoms with Gasteiger partial charge in [0.15, 0.2) is 0 Å². The van der Waals surface area contributed by atoms with Crippen LogP contribution in [0.4, 0.5) is 4.79 Å². The third-order valence-electron chi connectivity index (χ3n) is 2.34. The van der Waals surface area contributed by atoms with Gasteiger partial charge in [-0.3, -0.25) is 0 Å². The van der Waals surface area contributed by atoms with Crippen molar-refractivity contribution in [1.82, 2.24) is 4.90 Å². The van der Waals surface area contributed by atoms with Crippen LogP contribution in [-0.2, 0) is 19.0 Å². The second kappa shape index (κ2) is 6.24. The van der Waals surface area contributed by atoms with Crippen molar-refractivity contribution in [3.8, 4) is 0 Å². The number of methoxy groups -OCH3 is 1. The average molecular weight is 243 g/mol. The van der Waals surface area contributed by atoms with Crippen molar-refractivity contribution in [2.75, 3.05) is 26.8 Å². The molecule has 1 rings (SSSR count). The molecule has 1 unspecified atom stereocenters. The van der Waals surface area contributed by atoms with E-state index < -0.39 is 12.1 Å². The van der Waals surface area contributed by atoms with Gasteiger partial charge in [-0.25, -0.2) is 9.59 Å². The predicted octanol–water partition coefficient (Wildman–Crippen LogP) is 0.921. The number of hydrogen-bond acceptors (Lipinski definition) is 5. The van der Waals surface area contributed by atoms with E-state index in [-0.39, 0.29) is 11.7 Å². The number of rotatable bonds is 2. The van der Waals surface area contributed by atoms with E-state index in [4.69, 9.17) is 9.47 Å². The van der Waals surface area contributed by atoms with Gasteiger partial charge in [0.1, 0.15) is 6.26 Å². The summed E-state index contributed by atoms with van der Waals surface area (Å²) in [4.78, 5) is 24.2. The number of morpholine rings is 1. The molecule has 0 aromatic carbocycles. The van der Waals surface area contributed by atoms with Crippen molar-refractivity contribution in [2.45, 2.75) is 20.0 Å². The number of amides is 1. The average Bonchev–Trinajstić information content (AvgIpc) is 2.34. The summed E-state index contributed by atoms with van der Waals surface area (Å²) in [7, 11) is 1.27. The molecule has 17 heavy (non-hydrogen) atoms. The number of hydrogen-bond donors (Lipinski definition) is 0. The molecule has 0 bridgehead atoms. The zero-order valence-electron chi connectivity index (χ0n) is 10.3. The van der Waals surface area contributed by atoms with E-state index in [0.717, 1.165) is 6.26 Å². The first-order valence-corrected chi connectivity index (χ1v) is 5.37. The Hall–Kier alpha value is -1.56. The van der Waals surface area contributed by atoms with E-state index in [1.165, 1.54) is 18.9 Å². The van der Waals surface area contributed by atoms with Gasteiger partial charge in [-0.15, -0.1) is 0 Å². The van der Waals surface area contributed by atoms with E-state index in [2.05, 4.69) is 4.74 Å². The topological polar surface area (TPSA) is 65.1 Å². The monoisotopic (exact) mass is 243 g/mol. The molecule has 1 aliphatic rings. The molecule has 1 atom stereocenters. The predicted molar refractivity (Wildman–Crippen MR) is 59.2 cm³/mol. The van der Waals surface area contributed by atoms with Crippen LogP contribution in [-0.4, -0.2) is 49.9 Å². The minimum atomic E-state index is -0.520. The molecule has 0 saturated carbocycles. The fraction of sp³-hybridized carbons (Fsp3) is 0.636. The van der Waals surface area contributed by atoms with Gasteiger partial charge in [0.25, 0.3) is 0 Å². The van der Waals surface area contributed by atoms with Crippen LogP contribution in [0, 0.1) is 0 Å². The molecule has 6 nitrogen and oxygen atoms in total. The molecule has 1 saturated heterocycles. The Balaban J connectivity index is 2.46. The lowest BCUT2D eigenvalue weighted by Crippen LogP contribution is -2.44. The molecular formula is C11H17NO5. The Morgan fingerprint density at radius 3 is 2.76 bits per heavy atom. The molecule has 0 aliphatic carbocycles. The summed E-state index contributed by atoms with van der Waals surface area (Å²) in [6, 6.07) is 0. The van der Waals surface area contributed by atoms with E-state index in [1.807, 2.05) is 6.92 Å². The molecule has 0 N–H and O–H groups in total. The molecule has 1 aliphatic heterocycles. The summed E-state index contributed by atoms with van der Waals surface area (Å²) in [5.41, 5.74) is 0.238. The van der Waals surface area contributed by atoms with Gasteiger partial charge in [0.05, 0.1) is 31.9 Å². The van der Waals surface area contributed by atoms with Gasteiger partial charge in [0, 0.05) is 6.54 Å². The molecule has 0 aromatic heterocycles. The minimum absolute atomic E-state index is 0.00184. The summed E-state index contributed by atoms with van der Waals surface area (Å²) >= 11 is 0. The Kier molecular flexibility index (Phi) is 4.96. The lowest BCUT2D eigenvalue weighted by atomic mass is 10.3. The quantitative estimate of drug-likeness (QED) is 0.410. The smallest absolute Gasteiger partial charge is 0.414 e. The number of carbonyl (C=O) groups excluding carboxylic acids is 2. The molecule has 1 amide bonds. The number of esters is 1. The van der Waals surface area contributed by atoms with Crippen LogP contribution < -0.4 is 0 Å². The number of nitrogens with zero attached hydrogens (tertiary/aromatic N) is 1. The molecule has 1 heterocycles. The molecule has 1 fully saturated rings. The third-order valence-corrected chi connectivity index (χ3v) is 2.34. The summed E-state index contributed by atoms with van der Waals surface area (Å²) < 4.78 is 14.7. The zero-order chi connectivity index (χ0) is 12.8. The highest BCUT2D eigenvalue weighted by molar-refractivity contribution is 5.87. The first-order chi connectivity index (χ1) is 8.04. The van der Waals surface area contributed by atoms with E-state index >= 15 is 0 Å². The van der Waals surface area contributed by atoms with Crippen LogP contribution in [0.25, 0.3) is 0 Å². The summed E-state index contributed by atoms with van der Waals surface area (Å²) in [5, 5.41) is 0. The van der Waals surface area contributed by atoms with Crippen molar-refractivity contribution in [3.05, 3.63) is 11.8 Å². The Bertz CT molecular complexity index is 326. The highest BCUT2D eigenvalue weighted by Gasteiger charge is 2.22. The van der Waals surface area contributed by atoms with Gasteiger partial charge in [-0.2, -0.15) is 0 Å². The van der Waals surface area contributed by atoms with Crippen molar-refractivity contribution >= 4 is 12.1 Å². The minimum Gasteiger partial charge on any atom is -0.466 e. The number of carbonyl (C=O) groups is 2. The van der Waals surface area contributed by atoms with E-state index in [1.54, 1.807) is 0 Å². The van der Waals surface area contributed by atoms with Crippen molar-refractivity contribution in [3.63, 3.8) is 0 Å². The standard InChI is InChI=1S/C11H17NO5/c1-8(10(13)15-3)7-17-11(14)12-4-5-16-9(2)6-12/h7,9H,4-6H2,1-3H3. The third kappa shape index (κ3) is 4.07. The van der Waals surface area contributed by atoms with Gasteiger partial charge in [-0.05, 0) is 13.8 Å². The lowest BCUT2D eigenvalue weighted by Gasteiger charge is -2.29. The second-order valence-electron chi connectivity index (χ2n) is 3.80. The van der Waals surface area contributed by atoms with E-state index in [9.17, 15) is 9.59 Å². The maximum atomic E-state index is 11.6. The second-order valence-corrected chi connectivity index (χ2v) is 3.80. The Labute approximate surface area is 100 Å². The maximum Gasteiger partial charge on any atom is 0.414 e. The van der Waals surface area contributed by atoms with Gasteiger partial charge in [0.2, 0.25) is 0 Å². The van der Waals surface area contributed by atoms with Crippen LogP contribution >= 0.6 is 0 Å². The SMILES string of the molecule is COC(=O)C(C)=COC(=O)N1CCOC(C)C1. The highest BCUT2D eigenvalue weighted by atomic mass is 16.6. The normalized spacial score (nSPS) is 21.0. The van der Waals surface area contributed by atoms with Crippen LogP contribution in [0.1, 0.15) is 13.8 Å². The first kappa shape index (κ1) is 13.5. The highest BCUT2D eigenvalue weighted by Crippen LogP contribution is 2.07. The fourth-order valence-corrected chi connectivity index (χ4v) is 1.41. The molecule has 0 radical (unpaired) electrons. The lowest BCUT2D eigenvalue weighted by molar-refractivity contribution is -0.136. The van der Waals surface area contributed by atoms with Crippen molar-refractivity contribution in [2.24, 2.45) is 0 Å². The van der Waals surface area contributed by atoms with Crippen LogP contribution in [0.5, 0.6) is 0 Å². The van der Waals surface area contributed by atoms with Crippen LogP contribution in [0.15, 0.2) is 11.8 Å². The summed E-state index contributed by atoms with van der Waals surface area (Å²) in [6.45, 7) is 4.88. The zero-order valence-corrected chi connectivity index (χ0v) is 10.3. The maximum absolute atomic E-state index is 11.6. The van der Waals surface area contributed by atoms with Crippen molar-refractivity contribution < 1.29 is 23.8 Å². The van der Waals surface area contributed by atoms with Gasteiger partial charge in [-0.1, -0.05) is 0 Å². The molecule has 6 heteroatoms. The Morgan fingerprint density at radius 2 is 2.18 bits per heavy atom. The molecule has 0 spiro atoms. The molecule has 0 aromatic rings. The van der Waals surface area contributed by atoms with Crippen molar-refractivity contribution in [1.29, 1.82) is 0 Å². The number of ether oxygens (including phenoxy) is 3. The van der Waals surface area contributed by atoms with Crippen LogP contribution in [0.2, 0.25) is 0 Å². The molecule has 96 valence electrons. The van der Waals surface area contributed by atoms with Gasteiger partial charge >= 0.3 is 12.1 Å². The summed E-state index contributed by atoms with van der Waals surface area (Å²) in [6.07, 6.45) is 0.624. The van der Waals surface area contributed by atoms with Crippen LogP contribution in [0.3, 0.4) is 0 Å². The summed E-state index contributed by atoms with van der Waals surface area (Å²) in [5.74, 6) is -0.520. The fourth-order valence-electron chi connectivity index (χ4n) is 1.41. The Morgan fingerprint density at radius 1 is 1.47 bits per heavy atom. The first-order valence-electron chi connectivity index (χ1n) is 5.37.